The van der Waals surface area contributed by atoms with Crippen LogP contribution in [0.25, 0.3) is 11.4 Å². The monoisotopic (exact) mass is 363 g/mol. The Kier molecular flexibility index (Phi) is 5.21. The standard InChI is InChI=1S/C17H25N5O2S/c1-4-22-17(8-10-18-22)16-7-5-6-15(19-16)12-14-9-11-21(13-14)25(23,24)20(2)3/h5-8,10,14H,4,9,11-13H2,1-3H3/t14-/m0/s1. The molecule has 0 aromatic carbocycles. The van der Waals surface area contributed by atoms with Crippen LogP contribution in [0.1, 0.15) is 19.0 Å². The van der Waals surface area contributed by atoms with Crippen molar-refractivity contribution in [1.82, 2.24) is 23.4 Å². The van der Waals surface area contributed by atoms with Crippen molar-refractivity contribution in [2.45, 2.75) is 26.3 Å². The van der Waals surface area contributed by atoms with E-state index < -0.39 is 10.2 Å². The minimum absolute atomic E-state index is 0.300. The second kappa shape index (κ2) is 7.23. The summed E-state index contributed by atoms with van der Waals surface area (Å²) in [6.07, 6.45) is 3.44. The lowest BCUT2D eigenvalue weighted by atomic mass is 10.0. The largest absolute Gasteiger partial charge is 0.281 e. The van der Waals surface area contributed by atoms with E-state index in [1.165, 1.54) is 4.31 Å². The quantitative estimate of drug-likeness (QED) is 0.782. The van der Waals surface area contributed by atoms with Crippen molar-refractivity contribution in [2.24, 2.45) is 5.92 Å². The molecule has 2 aromatic rings. The first-order valence-corrected chi connectivity index (χ1v) is 9.97. The number of aryl methyl sites for hydroxylation is 1. The molecule has 3 heterocycles. The second-order valence-corrected chi connectivity index (χ2v) is 8.70. The molecule has 0 spiro atoms. The van der Waals surface area contributed by atoms with Crippen molar-refractivity contribution in [3.63, 3.8) is 0 Å². The molecular formula is C17H25N5O2S. The predicted molar refractivity (Wildman–Crippen MR) is 97.1 cm³/mol. The zero-order chi connectivity index (χ0) is 18.0. The first kappa shape index (κ1) is 18.0. The molecule has 0 aliphatic carbocycles. The van der Waals surface area contributed by atoms with E-state index >= 15 is 0 Å². The Bertz CT molecular complexity index is 831. The fourth-order valence-corrected chi connectivity index (χ4v) is 4.44. The van der Waals surface area contributed by atoms with Gasteiger partial charge < -0.3 is 0 Å². The van der Waals surface area contributed by atoms with Crippen LogP contribution in [0, 0.1) is 5.92 Å². The lowest BCUT2D eigenvalue weighted by Crippen LogP contribution is -2.38. The highest BCUT2D eigenvalue weighted by Gasteiger charge is 2.32. The van der Waals surface area contributed by atoms with Gasteiger partial charge in [-0.05, 0) is 43.9 Å². The van der Waals surface area contributed by atoms with Gasteiger partial charge in [-0.1, -0.05) is 6.07 Å². The summed E-state index contributed by atoms with van der Waals surface area (Å²) in [5, 5.41) is 4.30. The third-order valence-electron chi connectivity index (χ3n) is 4.62. The number of rotatable bonds is 6. The van der Waals surface area contributed by atoms with E-state index in [1.54, 1.807) is 24.6 Å². The zero-order valence-corrected chi connectivity index (χ0v) is 15.8. The molecule has 1 saturated heterocycles. The van der Waals surface area contributed by atoms with E-state index in [0.717, 1.165) is 36.5 Å². The summed E-state index contributed by atoms with van der Waals surface area (Å²) in [6.45, 7) is 3.99. The Hall–Kier alpha value is -1.77. The maximum absolute atomic E-state index is 12.2. The first-order valence-electron chi connectivity index (χ1n) is 8.57. The van der Waals surface area contributed by atoms with Crippen molar-refractivity contribution < 1.29 is 8.42 Å². The Labute approximate surface area is 149 Å². The highest BCUT2D eigenvalue weighted by molar-refractivity contribution is 7.86. The van der Waals surface area contributed by atoms with Crippen LogP contribution >= 0.6 is 0 Å². The van der Waals surface area contributed by atoms with Gasteiger partial charge >= 0.3 is 0 Å². The number of hydrogen-bond acceptors (Lipinski definition) is 4. The van der Waals surface area contributed by atoms with E-state index in [4.69, 9.17) is 4.98 Å². The van der Waals surface area contributed by atoms with Crippen LogP contribution in [0.5, 0.6) is 0 Å². The van der Waals surface area contributed by atoms with Gasteiger partial charge in [-0.2, -0.15) is 22.1 Å². The minimum atomic E-state index is -3.32. The lowest BCUT2D eigenvalue weighted by Gasteiger charge is -2.20. The summed E-state index contributed by atoms with van der Waals surface area (Å²) in [5.41, 5.74) is 2.91. The molecule has 1 fully saturated rings. The van der Waals surface area contributed by atoms with Gasteiger partial charge in [0.25, 0.3) is 10.2 Å². The second-order valence-electron chi connectivity index (χ2n) is 6.55. The average molecular weight is 363 g/mol. The molecule has 2 aromatic heterocycles. The molecule has 1 atom stereocenters. The third kappa shape index (κ3) is 3.75. The summed E-state index contributed by atoms with van der Waals surface area (Å²) < 4.78 is 29.2. The molecule has 0 radical (unpaired) electrons. The summed E-state index contributed by atoms with van der Waals surface area (Å²) >= 11 is 0. The Morgan fingerprint density at radius 1 is 1.28 bits per heavy atom. The van der Waals surface area contributed by atoms with Crippen LogP contribution in [0.2, 0.25) is 0 Å². The van der Waals surface area contributed by atoms with Crippen molar-refractivity contribution in [2.75, 3.05) is 27.2 Å². The first-order chi connectivity index (χ1) is 11.9. The minimum Gasteiger partial charge on any atom is -0.264 e. The Morgan fingerprint density at radius 2 is 2.08 bits per heavy atom. The molecule has 25 heavy (non-hydrogen) atoms. The predicted octanol–water partition coefficient (Wildman–Crippen LogP) is 1.64. The van der Waals surface area contributed by atoms with Crippen molar-refractivity contribution in [3.05, 3.63) is 36.2 Å². The van der Waals surface area contributed by atoms with Crippen LogP contribution in [-0.2, 0) is 23.2 Å². The van der Waals surface area contributed by atoms with E-state index in [2.05, 4.69) is 12.0 Å². The van der Waals surface area contributed by atoms with E-state index in [-0.39, 0.29) is 0 Å². The molecule has 3 rings (SSSR count). The van der Waals surface area contributed by atoms with Gasteiger partial charge in [-0.25, -0.2) is 0 Å². The Morgan fingerprint density at radius 3 is 2.80 bits per heavy atom. The highest BCUT2D eigenvalue weighted by Crippen LogP contribution is 2.24. The Balaban J connectivity index is 1.72. The van der Waals surface area contributed by atoms with Gasteiger partial charge in [0.1, 0.15) is 0 Å². The fourth-order valence-electron chi connectivity index (χ4n) is 3.24. The zero-order valence-electron chi connectivity index (χ0n) is 15.0. The lowest BCUT2D eigenvalue weighted by molar-refractivity contribution is 0.409. The van der Waals surface area contributed by atoms with E-state index in [1.807, 2.05) is 28.9 Å². The van der Waals surface area contributed by atoms with Gasteiger partial charge in [0.15, 0.2) is 0 Å². The summed E-state index contributed by atoms with van der Waals surface area (Å²) in [5.74, 6) is 0.300. The van der Waals surface area contributed by atoms with E-state index in [9.17, 15) is 8.42 Å². The van der Waals surface area contributed by atoms with Crippen molar-refractivity contribution >= 4 is 10.2 Å². The SMILES string of the molecule is CCn1nccc1-c1cccc(C[C@@H]2CCN(S(=O)(=O)N(C)C)C2)n1. The van der Waals surface area contributed by atoms with Crippen LogP contribution in [0.3, 0.4) is 0 Å². The third-order valence-corrected chi connectivity index (χ3v) is 6.53. The average Bonchev–Trinajstić information content (AvgIpc) is 3.24. The van der Waals surface area contributed by atoms with Gasteiger partial charge in [0, 0.05) is 45.6 Å². The highest BCUT2D eigenvalue weighted by atomic mass is 32.2. The van der Waals surface area contributed by atoms with Crippen LogP contribution in [0.4, 0.5) is 0 Å². The number of pyridine rings is 1. The van der Waals surface area contributed by atoms with Crippen LogP contribution in [0.15, 0.2) is 30.5 Å². The number of nitrogens with zero attached hydrogens (tertiary/aromatic N) is 5. The fraction of sp³-hybridized carbons (Fsp3) is 0.529. The van der Waals surface area contributed by atoms with Gasteiger partial charge in [-0.3, -0.25) is 9.67 Å². The molecule has 136 valence electrons. The molecule has 0 unspecified atom stereocenters. The molecule has 8 heteroatoms. The molecule has 7 nitrogen and oxygen atoms in total. The van der Waals surface area contributed by atoms with Gasteiger partial charge in [0.05, 0.1) is 11.4 Å². The van der Waals surface area contributed by atoms with Gasteiger partial charge in [0.2, 0.25) is 0 Å². The van der Waals surface area contributed by atoms with Gasteiger partial charge in [-0.15, -0.1) is 0 Å². The van der Waals surface area contributed by atoms with Crippen LogP contribution in [-0.4, -0.2) is 59.0 Å². The van der Waals surface area contributed by atoms with Crippen molar-refractivity contribution in [1.29, 1.82) is 0 Å². The maximum atomic E-state index is 12.2. The number of aromatic nitrogens is 3. The topological polar surface area (TPSA) is 71.3 Å². The molecule has 0 bridgehead atoms. The molecular weight excluding hydrogens is 338 g/mol. The normalized spacial score (nSPS) is 19.0. The smallest absolute Gasteiger partial charge is 0.264 e. The summed E-state index contributed by atoms with van der Waals surface area (Å²) in [6, 6.07) is 7.98. The molecule has 0 saturated carbocycles. The summed E-state index contributed by atoms with van der Waals surface area (Å²) in [7, 11) is -0.172. The molecule has 1 aliphatic rings. The summed E-state index contributed by atoms with van der Waals surface area (Å²) in [4.78, 5) is 4.77. The number of hydrogen-bond donors (Lipinski definition) is 0. The van der Waals surface area contributed by atoms with Crippen molar-refractivity contribution in [3.8, 4) is 11.4 Å². The van der Waals surface area contributed by atoms with E-state index in [0.29, 0.717) is 19.0 Å². The maximum Gasteiger partial charge on any atom is 0.281 e. The molecule has 0 N–H and O–H groups in total. The van der Waals surface area contributed by atoms with Crippen LogP contribution < -0.4 is 0 Å². The molecule has 1 aliphatic heterocycles. The molecule has 0 amide bonds.